The number of hydrogen-bond acceptors (Lipinski definition) is 5. The summed E-state index contributed by atoms with van der Waals surface area (Å²) < 4.78 is 6.18. The highest BCUT2D eigenvalue weighted by atomic mass is 16.5. The Kier molecular flexibility index (Phi) is 8.44. The van der Waals surface area contributed by atoms with Crippen molar-refractivity contribution in [2.75, 3.05) is 0 Å². The van der Waals surface area contributed by atoms with Crippen molar-refractivity contribution in [2.24, 2.45) is 74.9 Å². The van der Waals surface area contributed by atoms with Gasteiger partial charge < -0.3 is 20.3 Å². The molecule has 6 aliphatic rings. The summed E-state index contributed by atoms with van der Waals surface area (Å²) in [6.07, 6.45) is 11.7. The van der Waals surface area contributed by atoms with Crippen molar-refractivity contribution in [1.29, 1.82) is 0 Å². The molecule has 46 heavy (non-hydrogen) atoms. The zero-order chi connectivity index (χ0) is 33.6. The van der Waals surface area contributed by atoms with Crippen LogP contribution in [0.4, 0.5) is 0 Å². The van der Waals surface area contributed by atoms with Gasteiger partial charge >= 0.3 is 17.9 Å². The molecular weight excluding hydrogens is 582 g/mol. The second kappa shape index (κ2) is 11.5. The summed E-state index contributed by atoms with van der Waals surface area (Å²) in [6, 6.07) is -0.896. The SMILES string of the molecule is CC1C(C(=O)O)CC1C(=O)OC1CCC2(C)C(CCC3(C)C4CCC5(C(=O)NC(C(=O)O)C(C)(C)C)CCCC5C4CCC23)C1C. The fourth-order valence-electron chi connectivity index (χ4n) is 13.0. The van der Waals surface area contributed by atoms with E-state index in [2.05, 4.69) is 26.1 Å². The smallest absolute Gasteiger partial charge is 0.326 e. The molecule has 6 aliphatic carbocycles. The van der Waals surface area contributed by atoms with E-state index in [-0.39, 0.29) is 46.6 Å². The summed E-state index contributed by atoms with van der Waals surface area (Å²) in [7, 11) is 0. The van der Waals surface area contributed by atoms with Gasteiger partial charge in [-0.25, -0.2) is 4.79 Å². The van der Waals surface area contributed by atoms with Crippen LogP contribution in [0.15, 0.2) is 0 Å². The molecule has 1 amide bonds. The van der Waals surface area contributed by atoms with E-state index in [0.717, 1.165) is 57.8 Å². The van der Waals surface area contributed by atoms with Crippen molar-refractivity contribution in [3.63, 3.8) is 0 Å². The summed E-state index contributed by atoms with van der Waals surface area (Å²) in [4.78, 5) is 50.8. The minimum absolute atomic E-state index is 0.0183. The second-order valence-electron chi connectivity index (χ2n) is 18.4. The van der Waals surface area contributed by atoms with E-state index in [1.54, 1.807) is 0 Å². The van der Waals surface area contributed by atoms with Crippen LogP contribution in [0.2, 0.25) is 0 Å². The number of carbonyl (C=O) groups excluding carboxylic acids is 2. The number of esters is 1. The molecule has 8 heteroatoms. The lowest BCUT2D eigenvalue weighted by Crippen LogP contribution is -2.63. The highest BCUT2D eigenvalue weighted by Gasteiger charge is 2.66. The summed E-state index contributed by atoms with van der Waals surface area (Å²) in [5, 5.41) is 22.4. The molecule has 3 N–H and O–H groups in total. The number of ether oxygens (including phenoxy) is 1. The Bertz CT molecular complexity index is 1260. The fourth-order valence-corrected chi connectivity index (χ4v) is 13.0. The molecule has 0 aliphatic heterocycles. The Labute approximate surface area is 275 Å². The van der Waals surface area contributed by atoms with E-state index in [9.17, 15) is 29.4 Å². The maximum atomic E-state index is 14.1. The van der Waals surface area contributed by atoms with Crippen molar-refractivity contribution < 1.29 is 34.1 Å². The third-order valence-corrected chi connectivity index (χ3v) is 15.5. The highest BCUT2D eigenvalue weighted by Crippen LogP contribution is 2.72. The maximum Gasteiger partial charge on any atom is 0.326 e. The molecule has 0 aromatic rings. The predicted molar refractivity (Wildman–Crippen MR) is 173 cm³/mol. The minimum Gasteiger partial charge on any atom is -0.481 e. The highest BCUT2D eigenvalue weighted by molar-refractivity contribution is 5.88. The lowest BCUT2D eigenvalue weighted by atomic mass is 9.37. The van der Waals surface area contributed by atoms with Crippen LogP contribution in [-0.2, 0) is 23.9 Å². The number of carboxylic acid groups (broad SMARTS) is 2. The van der Waals surface area contributed by atoms with Crippen LogP contribution in [0.25, 0.3) is 0 Å². The van der Waals surface area contributed by atoms with Gasteiger partial charge in [-0.1, -0.05) is 54.9 Å². The Balaban J connectivity index is 1.15. The molecule has 0 radical (unpaired) electrons. The molecule has 14 atom stereocenters. The van der Waals surface area contributed by atoms with Gasteiger partial charge in [0, 0.05) is 0 Å². The summed E-state index contributed by atoms with van der Waals surface area (Å²) in [5.74, 6) is -0.114. The van der Waals surface area contributed by atoms with E-state index in [1.165, 1.54) is 12.8 Å². The predicted octanol–water partition coefficient (Wildman–Crippen LogP) is 6.95. The minimum atomic E-state index is -0.957. The van der Waals surface area contributed by atoms with Gasteiger partial charge in [0.2, 0.25) is 5.91 Å². The van der Waals surface area contributed by atoms with Gasteiger partial charge in [-0.3, -0.25) is 14.4 Å². The molecule has 8 nitrogen and oxygen atoms in total. The Hall–Kier alpha value is -2.12. The summed E-state index contributed by atoms with van der Waals surface area (Å²) in [5.41, 5.74) is -0.605. The summed E-state index contributed by atoms with van der Waals surface area (Å²) >= 11 is 0. The quantitative estimate of drug-likeness (QED) is 0.268. The Morgan fingerprint density at radius 2 is 1.43 bits per heavy atom. The number of fused-ring (bicyclic) bond motifs is 7. The fraction of sp³-hybridized carbons (Fsp3) is 0.895. The van der Waals surface area contributed by atoms with Gasteiger partial charge in [-0.05, 0) is 128 Å². The van der Waals surface area contributed by atoms with Crippen molar-refractivity contribution in [2.45, 2.75) is 138 Å². The van der Waals surface area contributed by atoms with Crippen LogP contribution in [0.5, 0.6) is 0 Å². The van der Waals surface area contributed by atoms with Gasteiger partial charge in [0.15, 0.2) is 0 Å². The maximum absolute atomic E-state index is 14.1. The molecule has 0 spiro atoms. The molecule has 0 saturated heterocycles. The molecule has 258 valence electrons. The van der Waals surface area contributed by atoms with E-state index >= 15 is 0 Å². The number of nitrogens with one attached hydrogen (secondary N) is 1. The third-order valence-electron chi connectivity index (χ3n) is 15.5. The molecular formula is C38H59NO7. The average Bonchev–Trinajstić information content (AvgIpc) is 3.41. The first kappa shape index (κ1) is 33.8. The Morgan fingerprint density at radius 3 is 2.07 bits per heavy atom. The van der Waals surface area contributed by atoms with Crippen LogP contribution in [-0.4, -0.2) is 46.2 Å². The molecule has 6 saturated carbocycles. The van der Waals surface area contributed by atoms with E-state index < -0.39 is 34.7 Å². The number of hydrogen-bond donors (Lipinski definition) is 3. The lowest BCUT2D eigenvalue weighted by Gasteiger charge is -2.67. The second-order valence-corrected chi connectivity index (χ2v) is 18.4. The first-order chi connectivity index (χ1) is 21.5. The molecule has 14 unspecified atom stereocenters. The molecule has 6 rings (SSSR count). The van der Waals surface area contributed by atoms with Crippen molar-refractivity contribution >= 4 is 23.8 Å². The zero-order valence-corrected chi connectivity index (χ0v) is 29.3. The monoisotopic (exact) mass is 641 g/mol. The van der Waals surface area contributed by atoms with Gasteiger partial charge in [0.25, 0.3) is 0 Å². The topological polar surface area (TPSA) is 130 Å². The average molecular weight is 642 g/mol. The van der Waals surface area contributed by atoms with Crippen LogP contribution < -0.4 is 5.32 Å². The number of amides is 1. The van der Waals surface area contributed by atoms with Crippen LogP contribution in [0.3, 0.4) is 0 Å². The van der Waals surface area contributed by atoms with Crippen LogP contribution in [0, 0.1) is 74.9 Å². The van der Waals surface area contributed by atoms with Gasteiger partial charge in [0.05, 0.1) is 17.3 Å². The number of rotatable bonds is 6. The van der Waals surface area contributed by atoms with Crippen molar-refractivity contribution in [3.8, 4) is 0 Å². The first-order valence-corrected chi connectivity index (χ1v) is 18.4. The molecule has 0 heterocycles. The molecule has 6 fully saturated rings. The number of aliphatic carboxylic acids is 2. The third kappa shape index (κ3) is 5.04. The van der Waals surface area contributed by atoms with Crippen molar-refractivity contribution in [3.05, 3.63) is 0 Å². The number of carboxylic acids is 2. The first-order valence-electron chi connectivity index (χ1n) is 18.4. The number of carbonyl (C=O) groups is 4. The van der Waals surface area contributed by atoms with E-state index in [4.69, 9.17) is 4.74 Å². The molecule has 0 aromatic heterocycles. The lowest BCUT2D eigenvalue weighted by molar-refractivity contribution is -0.205. The normalized spacial score (nSPS) is 47.1. The van der Waals surface area contributed by atoms with Gasteiger partial charge in [-0.15, -0.1) is 0 Å². The standard InChI is InChI=1S/C38H59NO7/c1-20-23(31(40)41)19-24(20)33(44)46-28-14-17-36(6)25(21(28)2)12-16-37(7)26-13-18-38(34(45)39-30(32(42)43)35(3,4)5)15-8-9-27(38)22(26)10-11-29(36)37/h20-30H,8-19H2,1-7H3,(H,39,45)(H,40,41)(H,42,43). The zero-order valence-electron chi connectivity index (χ0n) is 29.3. The van der Waals surface area contributed by atoms with Crippen LogP contribution >= 0.6 is 0 Å². The van der Waals surface area contributed by atoms with Gasteiger partial charge in [-0.2, -0.15) is 0 Å². The summed E-state index contributed by atoms with van der Waals surface area (Å²) in [6.45, 7) is 14.9. The molecule has 0 bridgehead atoms. The largest absolute Gasteiger partial charge is 0.481 e. The van der Waals surface area contributed by atoms with E-state index in [0.29, 0.717) is 36.0 Å². The van der Waals surface area contributed by atoms with E-state index in [1.807, 2.05) is 27.7 Å². The molecule has 0 aromatic carbocycles. The Morgan fingerprint density at radius 1 is 0.783 bits per heavy atom. The van der Waals surface area contributed by atoms with Gasteiger partial charge in [0.1, 0.15) is 12.1 Å². The van der Waals surface area contributed by atoms with Crippen molar-refractivity contribution in [1.82, 2.24) is 5.32 Å². The van der Waals surface area contributed by atoms with Crippen LogP contribution in [0.1, 0.15) is 126 Å².